The number of hydrogen-bond acceptors (Lipinski definition) is 5. The minimum Gasteiger partial charge on any atom is -0.494 e. The van der Waals surface area contributed by atoms with Gasteiger partial charge in [0.15, 0.2) is 5.13 Å². The summed E-state index contributed by atoms with van der Waals surface area (Å²) in [5, 5.41) is 0.758. The number of aryl methyl sites for hydroxylation is 2. The number of aromatic nitrogens is 1. The Balaban J connectivity index is 1.88. The normalized spacial score (nSPS) is 11.3. The number of amides is 1. The molecule has 0 aliphatic rings. The molecule has 5 nitrogen and oxygen atoms in total. The number of carbonyl (C=O) groups is 1. The Hall–Kier alpha value is -2.44. The molecular weight excluding hydrogens is 418 g/mol. The molecule has 0 spiro atoms. The molecular formula is C26H35N3O2S. The number of anilines is 1. The highest BCUT2D eigenvalue weighted by molar-refractivity contribution is 7.22. The van der Waals surface area contributed by atoms with Crippen molar-refractivity contribution < 1.29 is 9.53 Å². The van der Waals surface area contributed by atoms with Crippen LogP contribution in [0.4, 0.5) is 5.13 Å². The molecule has 0 atom stereocenters. The lowest BCUT2D eigenvalue weighted by Gasteiger charge is -2.24. The minimum atomic E-state index is -0.0225. The van der Waals surface area contributed by atoms with E-state index in [2.05, 4.69) is 51.7 Å². The summed E-state index contributed by atoms with van der Waals surface area (Å²) in [5.74, 6) is 0.779. The molecule has 0 bridgehead atoms. The topological polar surface area (TPSA) is 45.7 Å². The number of thiazole rings is 1. The third kappa shape index (κ3) is 5.87. The molecule has 0 saturated heterocycles. The number of rotatable bonds is 11. The van der Waals surface area contributed by atoms with Crippen LogP contribution in [0.2, 0.25) is 0 Å². The maximum absolute atomic E-state index is 13.6. The van der Waals surface area contributed by atoms with Gasteiger partial charge in [0, 0.05) is 18.7 Å². The number of hydrogen-bond donors (Lipinski definition) is 0. The standard InChI is InChI=1S/C26H35N3O2S/c1-6-9-16-31-22-12-10-21(11-13-22)25(30)29(15-14-28(7-2)8-3)26-27-24-20(5)17-19(4)18-23(24)32-26/h10-13,17-18H,6-9,14-16H2,1-5H3. The van der Waals surface area contributed by atoms with Crippen LogP contribution in [0, 0.1) is 13.8 Å². The summed E-state index contributed by atoms with van der Waals surface area (Å²) in [7, 11) is 0. The molecule has 0 saturated carbocycles. The van der Waals surface area contributed by atoms with Crippen molar-refractivity contribution in [2.24, 2.45) is 0 Å². The lowest BCUT2D eigenvalue weighted by Crippen LogP contribution is -2.38. The molecule has 0 unspecified atom stereocenters. The van der Waals surface area contributed by atoms with Gasteiger partial charge in [0.1, 0.15) is 5.75 Å². The first kappa shape index (κ1) is 24.2. The molecule has 0 aliphatic heterocycles. The van der Waals surface area contributed by atoms with Crippen molar-refractivity contribution in [2.75, 3.05) is 37.7 Å². The van der Waals surface area contributed by atoms with Gasteiger partial charge < -0.3 is 9.64 Å². The Kier molecular flexibility index (Phi) is 8.65. The Bertz CT molecular complexity index is 1030. The first-order valence-electron chi connectivity index (χ1n) is 11.6. The smallest absolute Gasteiger partial charge is 0.260 e. The highest BCUT2D eigenvalue weighted by Crippen LogP contribution is 2.32. The van der Waals surface area contributed by atoms with Crippen molar-refractivity contribution in [2.45, 2.75) is 47.5 Å². The number of fused-ring (bicyclic) bond motifs is 1. The first-order chi connectivity index (χ1) is 15.5. The van der Waals surface area contributed by atoms with Crippen LogP contribution in [-0.4, -0.2) is 48.6 Å². The average Bonchev–Trinajstić information content (AvgIpc) is 3.21. The Morgan fingerprint density at radius 2 is 1.75 bits per heavy atom. The largest absolute Gasteiger partial charge is 0.494 e. The third-order valence-electron chi connectivity index (χ3n) is 5.70. The van der Waals surface area contributed by atoms with Crippen LogP contribution >= 0.6 is 11.3 Å². The summed E-state index contributed by atoms with van der Waals surface area (Å²) in [6.45, 7) is 14.6. The third-order valence-corrected chi connectivity index (χ3v) is 6.72. The summed E-state index contributed by atoms with van der Waals surface area (Å²) < 4.78 is 6.88. The van der Waals surface area contributed by atoms with Gasteiger partial charge >= 0.3 is 0 Å². The van der Waals surface area contributed by atoms with Gasteiger partial charge in [-0.3, -0.25) is 9.69 Å². The lowest BCUT2D eigenvalue weighted by atomic mass is 10.1. The van der Waals surface area contributed by atoms with Gasteiger partial charge in [0.05, 0.1) is 16.8 Å². The lowest BCUT2D eigenvalue weighted by molar-refractivity contribution is 0.0983. The van der Waals surface area contributed by atoms with E-state index in [1.807, 2.05) is 29.2 Å². The van der Waals surface area contributed by atoms with Crippen molar-refractivity contribution >= 4 is 32.6 Å². The van der Waals surface area contributed by atoms with Gasteiger partial charge in [-0.15, -0.1) is 0 Å². The molecule has 3 aromatic rings. The second-order valence-corrected chi connectivity index (χ2v) is 9.14. The Morgan fingerprint density at radius 1 is 1.03 bits per heavy atom. The monoisotopic (exact) mass is 453 g/mol. The average molecular weight is 454 g/mol. The molecule has 0 radical (unpaired) electrons. The van der Waals surface area contributed by atoms with E-state index in [9.17, 15) is 4.79 Å². The fourth-order valence-electron chi connectivity index (χ4n) is 3.72. The van der Waals surface area contributed by atoms with E-state index in [0.717, 1.165) is 59.1 Å². The van der Waals surface area contributed by atoms with Crippen LogP contribution in [0.5, 0.6) is 5.75 Å². The van der Waals surface area contributed by atoms with E-state index in [1.54, 1.807) is 11.3 Å². The number of ether oxygens (including phenoxy) is 1. The zero-order valence-electron chi connectivity index (χ0n) is 20.0. The molecule has 0 aliphatic carbocycles. The van der Waals surface area contributed by atoms with Crippen molar-refractivity contribution in [1.82, 2.24) is 9.88 Å². The molecule has 0 N–H and O–H groups in total. The number of unbranched alkanes of at least 4 members (excludes halogenated alkanes) is 1. The Labute approximate surface area is 196 Å². The molecule has 172 valence electrons. The van der Waals surface area contributed by atoms with Crippen molar-refractivity contribution in [3.05, 3.63) is 53.1 Å². The number of carbonyl (C=O) groups excluding carboxylic acids is 1. The highest BCUT2D eigenvalue weighted by Gasteiger charge is 2.22. The zero-order valence-corrected chi connectivity index (χ0v) is 20.8. The summed E-state index contributed by atoms with van der Waals surface area (Å²) in [4.78, 5) is 22.6. The van der Waals surface area contributed by atoms with Crippen LogP contribution in [-0.2, 0) is 0 Å². The molecule has 1 aromatic heterocycles. The summed E-state index contributed by atoms with van der Waals surface area (Å²) in [6.07, 6.45) is 2.12. The summed E-state index contributed by atoms with van der Waals surface area (Å²) >= 11 is 1.59. The molecule has 2 aromatic carbocycles. The molecule has 32 heavy (non-hydrogen) atoms. The van der Waals surface area contributed by atoms with E-state index in [-0.39, 0.29) is 5.91 Å². The van der Waals surface area contributed by atoms with E-state index >= 15 is 0 Å². The molecule has 3 rings (SSSR count). The fourth-order valence-corrected chi connectivity index (χ4v) is 4.89. The molecule has 0 fully saturated rings. The maximum atomic E-state index is 13.6. The van der Waals surface area contributed by atoms with E-state index in [4.69, 9.17) is 9.72 Å². The first-order valence-corrected chi connectivity index (χ1v) is 12.4. The van der Waals surface area contributed by atoms with Crippen LogP contribution in [0.25, 0.3) is 10.2 Å². The predicted octanol–water partition coefficient (Wildman–Crippen LogP) is 6.08. The quantitative estimate of drug-likeness (QED) is 0.330. The number of benzene rings is 2. The maximum Gasteiger partial charge on any atom is 0.260 e. The second kappa shape index (κ2) is 11.4. The van der Waals surface area contributed by atoms with E-state index in [0.29, 0.717) is 18.7 Å². The van der Waals surface area contributed by atoms with Crippen LogP contribution in [0.15, 0.2) is 36.4 Å². The summed E-state index contributed by atoms with van der Waals surface area (Å²) in [6, 6.07) is 11.8. The van der Waals surface area contributed by atoms with Gasteiger partial charge in [-0.1, -0.05) is 44.6 Å². The minimum absolute atomic E-state index is 0.0225. The fraction of sp³-hybridized carbons (Fsp3) is 0.462. The molecule has 1 amide bonds. The van der Waals surface area contributed by atoms with Gasteiger partial charge in [-0.05, 0) is 74.8 Å². The van der Waals surface area contributed by atoms with Crippen molar-refractivity contribution in [1.29, 1.82) is 0 Å². The van der Waals surface area contributed by atoms with E-state index in [1.165, 1.54) is 5.56 Å². The SMILES string of the molecule is CCCCOc1ccc(C(=O)N(CCN(CC)CC)c2nc3c(C)cc(C)cc3s2)cc1. The molecule has 1 heterocycles. The number of nitrogens with zero attached hydrogens (tertiary/aromatic N) is 3. The highest BCUT2D eigenvalue weighted by atomic mass is 32.1. The second-order valence-electron chi connectivity index (χ2n) is 8.14. The van der Waals surface area contributed by atoms with Crippen molar-refractivity contribution in [3.8, 4) is 5.75 Å². The number of likely N-dealkylation sites (N-methyl/N-ethyl adjacent to an activating group) is 1. The van der Waals surface area contributed by atoms with Gasteiger partial charge in [0.25, 0.3) is 5.91 Å². The van der Waals surface area contributed by atoms with Gasteiger partial charge in [-0.25, -0.2) is 4.98 Å². The van der Waals surface area contributed by atoms with Gasteiger partial charge in [0.2, 0.25) is 0 Å². The predicted molar refractivity (Wildman–Crippen MR) is 135 cm³/mol. The van der Waals surface area contributed by atoms with Gasteiger partial charge in [-0.2, -0.15) is 0 Å². The Morgan fingerprint density at radius 3 is 2.41 bits per heavy atom. The van der Waals surface area contributed by atoms with Crippen LogP contribution in [0.3, 0.4) is 0 Å². The zero-order chi connectivity index (χ0) is 23.1. The molecule has 6 heteroatoms. The van der Waals surface area contributed by atoms with E-state index < -0.39 is 0 Å². The summed E-state index contributed by atoms with van der Waals surface area (Å²) in [5.41, 5.74) is 3.99. The van der Waals surface area contributed by atoms with Crippen molar-refractivity contribution in [3.63, 3.8) is 0 Å². The van der Waals surface area contributed by atoms with Crippen LogP contribution in [0.1, 0.15) is 55.1 Å². The van der Waals surface area contributed by atoms with Crippen LogP contribution < -0.4 is 9.64 Å².